The third-order valence-corrected chi connectivity index (χ3v) is 8.66. The van der Waals surface area contributed by atoms with E-state index in [4.69, 9.17) is 9.97 Å². The molecule has 4 heterocycles. The Morgan fingerprint density at radius 1 is 1.00 bits per heavy atom. The maximum atomic E-state index is 13.2. The molecule has 5 aliphatic rings. The highest BCUT2D eigenvalue weighted by molar-refractivity contribution is 5.85. The second-order valence-electron chi connectivity index (χ2n) is 10.8. The number of aromatic nitrogens is 4. The number of carbonyl (C=O) groups is 1. The minimum atomic E-state index is -0.124. The van der Waals surface area contributed by atoms with Crippen molar-refractivity contribution in [2.75, 3.05) is 29.9 Å². The molecule has 3 atom stereocenters. The first kappa shape index (κ1) is 19.8. The molecule has 33 heavy (non-hydrogen) atoms. The number of anilines is 3. The molecule has 3 unspecified atom stereocenters. The number of rotatable bonds is 5. The van der Waals surface area contributed by atoms with E-state index in [-0.39, 0.29) is 11.9 Å². The number of hydrogen-bond donors (Lipinski definition) is 2. The van der Waals surface area contributed by atoms with Gasteiger partial charge in [-0.05, 0) is 76.0 Å². The van der Waals surface area contributed by atoms with Crippen molar-refractivity contribution in [3.05, 3.63) is 23.0 Å². The second-order valence-corrected chi connectivity index (χ2v) is 10.8. The van der Waals surface area contributed by atoms with Gasteiger partial charge in [0.15, 0.2) is 5.82 Å². The van der Waals surface area contributed by atoms with E-state index in [1.54, 1.807) is 0 Å². The summed E-state index contributed by atoms with van der Waals surface area (Å²) in [6.45, 7) is 2.63. The summed E-state index contributed by atoms with van der Waals surface area (Å²) in [5, 5.41) is 11.4. The van der Waals surface area contributed by atoms with Crippen LogP contribution in [0.1, 0.15) is 74.2 Å². The van der Waals surface area contributed by atoms with E-state index in [2.05, 4.69) is 26.5 Å². The lowest BCUT2D eigenvalue weighted by atomic mass is 10.00. The Hall–Kier alpha value is -2.64. The number of amides is 1. The summed E-state index contributed by atoms with van der Waals surface area (Å²) in [5.74, 6) is 5.23. The summed E-state index contributed by atoms with van der Waals surface area (Å²) >= 11 is 0. The lowest BCUT2D eigenvalue weighted by Crippen LogP contribution is -2.45. The van der Waals surface area contributed by atoms with Gasteiger partial charge in [-0.3, -0.25) is 9.89 Å². The summed E-state index contributed by atoms with van der Waals surface area (Å²) in [5.41, 5.74) is 3.60. The van der Waals surface area contributed by atoms with Gasteiger partial charge in [0, 0.05) is 42.9 Å². The number of aromatic amines is 1. The maximum absolute atomic E-state index is 13.2. The molecule has 2 aromatic heterocycles. The van der Waals surface area contributed by atoms with Gasteiger partial charge in [0.1, 0.15) is 11.9 Å². The molecule has 0 bridgehead atoms. The zero-order valence-electron chi connectivity index (χ0n) is 19.2. The fraction of sp³-hybridized carbons (Fsp3) is 0.680. The van der Waals surface area contributed by atoms with Crippen molar-refractivity contribution in [1.82, 2.24) is 25.1 Å². The maximum Gasteiger partial charge on any atom is 0.245 e. The quantitative estimate of drug-likeness (QED) is 0.729. The Morgan fingerprint density at radius 3 is 2.70 bits per heavy atom. The zero-order valence-corrected chi connectivity index (χ0v) is 19.2. The Balaban J connectivity index is 1.15. The lowest BCUT2D eigenvalue weighted by Gasteiger charge is -2.28. The molecule has 2 aromatic rings. The van der Waals surface area contributed by atoms with E-state index in [1.807, 2.05) is 4.90 Å². The Kier molecular flexibility index (Phi) is 4.62. The Morgan fingerprint density at radius 2 is 1.85 bits per heavy atom. The van der Waals surface area contributed by atoms with Crippen molar-refractivity contribution >= 4 is 23.5 Å². The van der Waals surface area contributed by atoms with Crippen molar-refractivity contribution in [3.8, 4) is 0 Å². The summed E-state index contributed by atoms with van der Waals surface area (Å²) in [7, 11) is 0. The van der Waals surface area contributed by atoms with Crippen LogP contribution in [0.25, 0.3) is 0 Å². The Bertz CT molecular complexity index is 1060. The third kappa shape index (κ3) is 3.49. The Labute approximate surface area is 194 Å². The van der Waals surface area contributed by atoms with Crippen LogP contribution in [0.4, 0.5) is 17.6 Å². The molecule has 2 aliphatic heterocycles. The average molecular weight is 448 g/mol. The van der Waals surface area contributed by atoms with Crippen LogP contribution in [0.15, 0.2) is 6.07 Å². The number of nitrogens with one attached hydrogen (secondary N) is 2. The number of aryl methyl sites for hydroxylation is 1. The van der Waals surface area contributed by atoms with Gasteiger partial charge < -0.3 is 15.1 Å². The summed E-state index contributed by atoms with van der Waals surface area (Å²) in [4.78, 5) is 27.3. The van der Waals surface area contributed by atoms with Crippen molar-refractivity contribution < 1.29 is 4.79 Å². The first-order chi connectivity index (χ1) is 16.2. The number of hydrogen-bond acceptors (Lipinski definition) is 6. The fourth-order valence-electron chi connectivity index (χ4n) is 6.76. The number of carbonyl (C=O) groups excluding carboxylic acids is 1. The molecule has 8 heteroatoms. The molecule has 2 saturated heterocycles. The minimum absolute atomic E-state index is 0.124. The van der Waals surface area contributed by atoms with Crippen LogP contribution < -0.4 is 10.2 Å². The molecule has 2 N–H and O–H groups in total. The zero-order chi connectivity index (χ0) is 21.9. The number of fused-ring (bicyclic) bond motifs is 2. The van der Waals surface area contributed by atoms with Crippen molar-refractivity contribution in [3.63, 3.8) is 0 Å². The molecule has 3 aliphatic carbocycles. The number of H-pyrrole nitrogens is 1. The van der Waals surface area contributed by atoms with E-state index < -0.39 is 0 Å². The minimum Gasteiger partial charge on any atom is -0.341 e. The third-order valence-electron chi connectivity index (χ3n) is 8.66. The van der Waals surface area contributed by atoms with E-state index in [0.29, 0.717) is 11.9 Å². The predicted octanol–water partition coefficient (Wildman–Crippen LogP) is 3.54. The van der Waals surface area contributed by atoms with E-state index in [0.717, 1.165) is 93.7 Å². The molecule has 174 valence electrons. The highest BCUT2D eigenvalue weighted by atomic mass is 16.2. The van der Waals surface area contributed by atoms with Crippen LogP contribution in [0.5, 0.6) is 0 Å². The smallest absolute Gasteiger partial charge is 0.245 e. The molecule has 4 fully saturated rings. The van der Waals surface area contributed by atoms with Gasteiger partial charge in [0.25, 0.3) is 0 Å². The van der Waals surface area contributed by atoms with Crippen LogP contribution in [0.2, 0.25) is 0 Å². The fourth-order valence-corrected chi connectivity index (χ4v) is 6.76. The van der Waals surface area contributed by atoms with Gasteiger partial charge in [0.2, 0.25) is 11.9 Å². The van der Waals surface area contributed by atoms with Gasteiger partial charge in [-0.2, -0.15) is 10.1 Å². The van der Waals surface area contributed by atoms with Crippen LogP contribution >= 0.6 is 0 Å². The molecule has 7 rings (SSSR count). The van der Waals surface area contributed by atoms with Gasteiger partial charge in [-0.1, -0.05) is 0 Å². The van der Waals surface area contributed by atoms with E-state index in [1.165, 1.54) is 30.5 Å². The van der Waals surface area contributed by atoms with Crippen molar-refractivity contribution in [1.29, 1.82) is 0 Å². The topological polar surface area (TPSA) is 90.0 Å². The molecule has 8 nitrogen and oxygen atoms in total. The first-order valence-electron chi connectivity index (χ1n) is 13.0. The van der Waals surface area contributed by atoms with Gasteiger partial charge in [0.05, 0.1) is 5.69 Å². The van der Waals surface area contributed by atoms with Crippen LogP contribution in [-0.2, 0) is 17.6 Å². The first-order valence-corrected chi connectivity index (χ1v) is 13.0. The van der Waals surface area contributed by atoms with Gasteiger partial charge in [-0.25, -0.2) is 4.98 Å². The summed E-state index contributed by atoms with van der Waals surface area (Å²) < 4.78 is 0. The second kappa shape index (κ2) is 7.71. The van der Waals surface area contributed by atoms with Crippen LogP contribution in [0, 0.1) is 11.8 Å². The van der Waals surface area contributed by atoms with Gasteiger partial charge in [-0.15, -0.1) is 0 Å². The number of likely N-dealkylation sites (tertiary alicyclic amines) is 1. The predicted molar refractivity (Wildman–Crippen MR) is 126 cm³/mol. The monoisotopic (exact) mass is 447 g/mol. The van der Waals surface area contributed by atoms with Crippen molar-refractivity contribution in [2.24, 2.45) is 11.8 Å². The largest absolute Gasteiger partial charge is 0.341 e. The standard InChI is InChI=1S/C25H33N7O/c33-24(31-8-1-2-9-31)21-7-4-10-32(21)25-26-19-6-3-5-18(19)23(28-25)27-22-14-20(29-30-22)17-12-15-11-16(15)13-17/h14-17,21H,1-13H2,(H2,26,27,28,29,30). The molecule has 2 saturated carbocycles. The SMILES string of the molecule is O=C(C1CCCN1c1nc2c(c(Nc3cc(C4CC5CC5C4)[nH]n3)n1)CCC2)N1CCCC1. The lowest BCUT2D eigenvalue weighted by molar-refractivity contribution is -0.131. The van der Waals surface area contributed by atoms with Gasteiger partial charge >= 0.3 is 0 Å². The highest BCUT2D eigenvalue weighted by Gasteiger charge is 2.46. The number of nitrogens with zero attached hydrogens (tertiary/aromatic N) is 5. The molecular weight excluding hydrogens is 414 g/mol. The summed E-state index contributed by atoms with van der Waals surface area (Å²) in [6, 6.07) is 2.05. The van der Waals surface area contributed by atoms with Crippen LogP contribution in [0.3, 0.4) is 0 Å². The average Bonchev–Trinajstić information content (AvgIpc) is 3.52. The van der Waals surface area contributed by atoms with E-state index >= 15 is 0 Å². The molecular formula is C25H33N7O. The van der Waals surface area contributed by atoms with Crippen molar-refractivity contribution in [2.45, 2.75) is 76.2 Å². The van der Waals surface area contributed by atoms with E-state index in [9.17, 15) is 4.79 Å². The van der Waals surface area contributed by atoms with Crippen LogP contribution in [-0.4, -0.2) is 56.6 Å². The molecule has 0 aromatic carbocycles. The molecule has 0 spiro atoms. The molecule has 1 amide bonds. The molecule has 0 radical (unpaired) electrons. The normalized spacial score (nSPS) is 30.1. The highest BCUT2D eigenvalue weighted by Crippen LogP contribution is 2.57. The summed E-state index contributed by atoms with van der Waals surface area (Å²) in [6.07, 6.45) is 11.3.